The number of hydrogen-bond acceptors (Lipinski definition) is 4. The minimum Gasteiger partial charge on any atom is -0.508 e. The second-order valence-corrected chi connectivity index (χ2v) is 16.5. The van der Waals surface area contributed by atoms with E-state index in [0.29, 0.717) is 22.3 Å². The molecule has 0 unspecified atom stereocenters. The van der Waals surface area contributed by atoms with Gasteiger partial charge in [-0.15, -0.1) is 0 Å². The number of allylic oxidation sites excluding steroid dienone is 2. The van der Waals surface area contributed by atoms with Crippen molar-refractivity contribution in [3.63, 3.8) is 0 Å². The molecule has 42 heavy (non-hydrogen) atoms. The van der Waals surface area contributed by atoms with Crippen molar-refractivity contribution < 1.29 is 19.4 Å². The normalized spacial score (nSPS) is 37.5. The van der Waals surface area contributed by atoms with Gasteiger partial charge >= 0.3 is 5.97 Å². The maximum Gasteiger partial charge on any atom is 0.345 e. The van der Waals surface area contributed by atoms with E-state index < -0.39 is 5.79 Å². The first-order valence-corrected chi connectivity index (χ1v) is 17.2. The molecular weight excluding hydrogens is 520 g/mol. The second-order valence-electron chi connectivity index (χ2n) is 16.5. The molecule has 8 atom stereocenters. The zero-order valence-corrected chi connectivity index (χ0v) is 27.6. The van der Waals surface area contributed by atoms with Crippen LogP contribution in [0.3, 0.4) is 0 Å². The first-order valence-electron chi connectivity index (χ1n) is 17.2. The van der Waals surface area contributed by atoms with Gasteiger partial charge in [0, 0.05) is 19.4 Å². The molecule has 3 fully saturated rings. The molecular formula is C38H56O4. The molecule has 0 aromatic heterocycles. The highest BCUT2D eigenvalue weighted by Gasteiger charge is 2.59. The van der Waals surface area contributed by atoms with Crippen LogP contribution < -0.4 is 4.74 Å². The molecule has 1 N–H and O–H groups in total. The van der Waals surface area contributed by atoms with E-state index in [1.165, 1.54) is 51.4 Å². The Kier molecular flexibility index (Phi) is 7.58. The Morgan fingerprint density at radius 3 is 2.48 bits per heavy atom. The molecule has 0 spiro atoms. The van der Waals surface area contributed by atoms with Crippen molar-refractivity contribution in [3.8, 4) is 11.5 Å². The minimum atomic E-state index is -1.04. The van der Waals surface area contributed by atoms with E-state index in [1.807, 2.05) is 6.92 Å². The summed E-state index contributed by atoms with van der Waals surface area (Å²) in [4.78, 5) is 13.0. The van der Waals surface area contributed by atoms with Crippen molar-refractivity contribution in [3.05, 3.63) is 34.4 Å². The lowest BCUT2D eigenvalue weighted by Gasteiger charge is -2.58. The van der Waals surface area contributed by atoms with Gasteiger partial charge < -0.3 is 14.6 Å². The van der Waals surface area contributed by atoms with Crippen molar-refractivity contribution in [2.45, 2.75) is 138 Å². The van der Waals surface area contributed by atoms with Crippen LogP contribution >= 0.6 is 0 Å². The van der Waals surface area contributed by atoms with Crippen LogP contribution in [0.4, 0.5) is 0 Å². The van der Waals surface area contributed by atoms with Gasteiger partial charge in [-0.1, -0.05) is 65.5 Å². The SMILES string of the molecule is Cc1cc(O)c([C@H]2CC[C@@]3(C)C(=CC[C@H]4[C@@H]5CC[C@H]([C@H](C)CCCC(C)C)[C@@]5(C)CC[C@@H]43)C2)c2c1C(=O)OC(C)(C)O2. The van der Waals surface area contributed by atoms with E-state index in [9.17, 15) is 9.90 Å². The predicted octanol–water partition coefficient (Wildman–Crippen LogP) is 10.1. The summed E-state index contributed by atoms with van der Waals surface area (Å²) in [7, 11) is 0. The van der Waals surface area contributed by atoms with E-state index >= 15 is 0 Å². The zero-order valence-electron chi connectivity index (χ0n) is 27.6. The minimum absolute atomic E-state index is 0.147. The van der Waals surface area contributed by atoms with Gasteiger partial charge in [0.15, 0.2) is 0 Å². The summed E-state index contributed by atoms with van der Waals surface area (Å²) < 4.78 is 11.8. The van der Waals surface area contributed by atoms with Crippen LogP contribution in [0.15, 0.2) is 17.7 Å². The molecule has 232 valence electrons. The summed E-state index contributed by atoms with van der Waals surface area (Å²) in [5, 5.41) is 11.2. The number of carbonyl (C=O) groups is 1. The van der Waals surface area contributed by atoms with Gasteiger partial charge in [0.1, 0.15) is 17.1 Å². The van der Waals surface area contributed by atoms with Crippen LogP contribution in [-0.4, -0.2) is 16.9 Å². The fourth-order valence-corrected chi connectivity index (χ4v) is 11.0. The van der Waals surface area contributed by atoms with E-state index in [-0.39, 0.29) is 23.1 Å². The first-order chi connectivity index (χ1) is 19.7. The number of phenols is 1. The topological polar surface area (TPSA) is 55.8 Å². The summed E-state index contributed by atoms with van der Waals surface area (Å²) in [6.45, 7) is 17.9. The first kappa shape index (κ1) is 30.1. The number of benzene rings is 1. The summed E-state index contributed by atoms with van der Waals surface area (Å²) >= 11 is 0. The monoisotopic (exact) mass is 576 g/mol. The Morgan fingerprint density at radius 2 is 1.74 bits per heavy atom. The number of ether oxygens (including phenoxy) is 2. The molecule has 4 nitrogen and oxygen atoms in total. The van der Waals surface area contributed by atoms with E-state index in [1.54, 1.807) is 25.5 Å². The third-order valence-corrected chi connectivity index (χ3v) is 13.1. The van der Waals surface area contributed by atoms with Crippen molar-refractivity contribution >= 4 is 5.97 Å². The van der Waals surface area contributed by atoms with Crippen LogP contribution in [0.25, 0.3) is 0 Å². The molecule has 5 aliphatic rings. The molecule has 1 aromatic carbocycles. The Bertz CT molecular complexity index is 1260. The molecule has 4 heteroatoms. The van der Waals surface area contributed by atoms with Crippen LogP contribution in [0, 0.1) is 53.3 Å². The van der Waals surface area contributed by atoms with Crippen molar-refractivity contribution in [1.29, 1.82) is 0 Å². The van der Waals surface area contributed by atoms with Gasteiger partial charge in [0.2, 0.25) is 5.79 Å². The Hall–Kier alpha value is -1.97. The number of carbonyl (C=O) groups excluding carboxylic acids is 1. The quantitative estimate of drug-likeness (QED) is 0.270. The van der Waals surface area contributed by atoms with Crippen LogP contribution in [-0.2, 0) is 4.74 Å². The number of fused-ring (bicyclic) bond motifs is 6. The molecule has 6 rings (SSSR count). The van der Waals surface area contributed by atoms with Gasteiger partial charge in [0.25, 0.3) is 0 Å². The molecule has 1 aliphatic heterocycles. The average molecular weight is 577 g/mol. The number of rotatable bonds is 6. The number of cyclic esters (lactones) is 1. The van der Waals surface area contributed by atoms with Crippen LogP contribution in [0.5, 0.6) is 11.5 Å². The molecule has 0 amide bonds. The van der Waals surface area contributed by atoms with Gasteiger partial charge in [-0.2, -0.15) is 0 Å². The van der Waals surface area contributed by atoms with Crippen LogP contribution in [0.1, 0.15) is 146 Å². The third kappa shape index (κ3) is 4.82. The van der Waals surface area contributed by atoms with Gasteiger partial charge in [-0.3, -0.25) is 0 Å². The van der Waals surface area contributed by atoms with E-state index in [4.69, 9.17) is 9.47 Å². The number of aryl methyl sites for hydroxylation is 1. The summed E-state index contributed by atoms with van der Waals surface area (Å²) in [5.74, 6) is 4.52. The summed E-state index contributed by atoms with van der Waals surface area (Å²) in [6, 6.07) is 1.73. The summed E-state index contributed by atoms with van der Waals surface area (Å²) in [6.07, 6.45) is 16.7. The highest BCUT2D eigenvalue weighted by Crippen LogP contribution is 2.68. The fraction of sp³-hybridized carbons (Fsp3) is 0.763. The molecule has 0 radical (unpaired) electrons. The Morgan fingerprint density at radius 1 is 0.976 bits per heavy atom. The third-order valence-electron chi connectivity index (χ3n) is 13.1. The molecule has 1 heterocycles. The number of esters is 1. The number of aromatic hydroxyl groups is 1. The number of hydrogen-bond donors (Lipinski definition) is 1. The lowest BCUT2D eigenvalue weighted by atomic mass is 9.46. The van der Waals surface area contributed by atoms with Crippen molar-refractivity contribution in [1.82, 2.24) is 0 Å². The van der Waals surface area contributed by atoms with Gasteiger partial charge in [-0.25, -0.2) is 4.79 Å². The highest BCUT2D eigenvalue weighted by molar-refractivity contribution is 5.96. The second kappa shape index (κ2) is 10.6. The van der Waals surface area contributed by atoms with E-state index in [0.717, 1.165) is 60.3 Å². The maximum atomic E-state index is 13.0. The molecule has 1 aromatic rings. The van der Waals surface area contributed by atoms with Gasteiger partial charge in [0.05, 0.1) is 0 Å². The zero-order chi connectivity index (χ0) is 30.2. The standard InChI is InChI=1S/C38H56O4/c1-22(2)10-9-11-23(3)28-14-15-29-27-13-12-26-21-25(16-18-37(26,7)30(27)17-19-38(28,29)8)33-31(39)20-24(4)32-34(33)41-36(5,6)42-35(32)40/h12,20,22-23,25,27-30,39H,9-11,13-19,21H2,1-8H3/t23-,25+,27+,28-,29+,30+,37+,38-/m1/s1. The fourth-order valence-electron chi connectivity index (χ4n) is 11.0. The smallest absolute Gasteiger partial charge is 0.345 e. The molecule has 3 saturated carbocycles. The van der Waals surface area contributed by atoms with E-state index in [2.05, 4.69) is 40.7 Å². The Labute approximate surface area is 255 Å². The summed E-state index contributed by atoms with van der Waals surface area (Å²) in [5.41, 5.74) is 4.33. The predicted molar refractivity (Wildman–Crippen MR) is 169 cm³/mol. The Balaban J connectivity index is 1.24. The van der Waals surface area contributed by atoms with Crippen molar-refractivity contribution in [2.75, 3.05) is 0 Å². The molecule has 0 saturated heterocycles. The average Bonchev–Trinajstić information content (AvgIpc) is 3.24. The lowest BCUT2D eigenvalue weighted by molar-refractivity contribution is -0.128. The highest BCUT2D eigenvalue weighted by atomic mass is 16.7. The van der Waals surface area contributed by atoms with Crippen LogP contribution in [0.2, 0.25) is 0 Å². The van der Waals surface area contributed by atoms with Gasteiger partial charge in [-0.05, 0) is 122 Å². The lowest BCUT2D eigenvalue weighted by Crippen LogP contribution is -2.50. The largest absolute Gasteiger partial charge is 0.508 e. The number of phenolic OH excluding ortho intramolecular Hbond substituents is 1. The maximum absolute atomic E-state index is 13.0. The molecule has 0 bridgehead atoms. The van der Waals surface area contributed by atoms with Crippen molar-refractivity contribution in [2.24, 2.45) is 46.3 Å². The molecule has 4 aliphatic carbocycles.